The zero-order chi connectivity index (χ0) is 18.5. The Morgan fingerprint density at radius 2 is 1.76 bits per heavy atom. The van der Waals surface area contributed by atoms with E-state index in [0.717, 1.165) is 31.5 Å². The van der Waals surface area contributed by atoms with Crippen LogP contribution < -0.4 is 10.6 Å². The molecule has 0 bridgehead atoms. The van der Waals surface area contributed by atoms with Crippen LogP contribution in [0.5, 0.6) is 0 Å². The van der Waals surface area contributed by atoms with E-state index >= 15 is 0 Å². The molecule has 0 saturated carbocycles. The summed E-state index contributed by atoms with van der Waals surface area (Å²) in [4.78, 5) is 9.97. The standard InChI is InChI=1S/C20H43N5/c1-6-10-11-19(7-2)17-23-20(21-8-3)22-16-18(5)25-14-12-24(9-4)13-15-25/h18-19H,6-17H2,1-5H3,(H2,21,22,23). The minimum atomic E-state index is 0.546. The second-order valence-electron chi connectivity index (χ2n) is 7.34. The number of unbranched alkanes of at least 4 members (excludes halogenated alkanes) is 1. The summed E-state index contributed by atoms with van der Waals surface area (Å²) in [7, 11) is 0. The van der Waals surface area contributed by atoms with Gasteiger partial charge in [0.25, 0.3) is 0 Å². The van der Waals surface area contributed by atoms with Gasteiger partial charge in [0.05, 0.1) is 0 Å². The quantitative estimate of drug-likeness (QED) is 0.443. The molecule has 0 aromatic carbocycles. The first-order chi connectivity index (χ1) is 12.1. The topological polar surface area (TPSA) is 42.9 Å². The van der Waals surface area contributed by atoms with Crippen molar-refractivity contribution in [2.24, 2.45) is 10.9 Å². The van der Waals surface area contributed by atoms with Crippen LogP contribution in [0.25, 0.3) is 0 Å². The van der Waals surface area contributed by atoms with Crippen LogP contribution in [0.15, 0.2) is 4.99 Å². The lowest BCUT2D eigenvalue weighted by Gasteiger charge is -2.37. The molecule has 25 heavy (non-hydrogen) atoms. The van der Waals surface area contributed by atoms with Gasteiger partial charge in [-0.25, -0.2) is 0 Å². The van der Waals surface area contributed by atoms with Gasteiger partial charge in [-0.1, -0.05) is 40.0 Å². The third-order valence-electron chi connectivity index (χ3n) is 5.44. The SMILES string of the molecule is CCCCC(CC)CN=C(NCC)NCC(C)N1CCN(CC)CC1. The van der Waals surface area contributed by atoms with Crippen molar-refractivity contribution in [1.82, 2.24) is 20.4 Å². The molecule has 1 fully saturated rings. The number of nitrogens with one attached hydrogen (secondary N) is 2. The molecule has 0 aliphatic carbocycles. The fourth-order valence-electron chi connectivity index (χ4n) is 3.37. The Morgan fingerprint density at radius 3 is 2.32 bits per heavy atom. The molecule has 0 amide bonds. The zero-order valence-corrected chi connectivity index (χ0v) is 17.5. The average molecular weight is 354 g/mol. The van der Waals surface area contributed by atoms with Gasteiger partial charge in [-0.3, -0.25) is 9.89 Å². The fraction of sp³-hybridized carbons (Fsp3) is 0.950. The lowest BCUT2D eigenvalue weighted by atomic mass is 10.00. The number of guanidine groups is 1. The number of hydrogen-bond acceptors (Lipinski definition) is 3. The van der Waals surface area contributed by atoms with Crippen molar-refractivity contribution in [1.29, 1.82) is 0 Å². The molecule has 0 spiro atoms. The molecule has 1 heterocycles. The molecule has 2 atom stereocenters. The van der Waals surface area contributed by atoms with Gasteiger partial charge >= 0.3 is 0 Å². The van der Waals surface area contributed by atoms with Gasteiger partial charge in [0.15, 0.2) is 5.96 Å². The molecule has 0 aromatic heterocycles. The summed E-state index contributed by atoms with van der Waals surface area (Å²) in [5.74, 6) is 1.70. The van der Waals surface area contributed by atoms with Crippen molar-refractivity contribution in [3.63, 3.8) is 0 Å². The smallest absolute Gasteiger partial charge is 0.191 e. The second kappa shape index (κ2) is 13.4. The first kappa shape index (κ1) is 22.2. The molecule has 148 valence electrons. The monoisotopic (exact) mass is 353 g/mol. The van der Waals surface area contributed by atoms with Crippen LogP contribution in [0.3, 0.4) is 0 Å². The largest absolute Gasteiger partial charge is 0.357 e. The van der Waals surface area contributed by atoms with Gasteiger partial charge < -0.3 is 15.5 Å². The summed E-state index contributed by atoms with van der Waals surface area (Å²) in [6, 6.07) is 0.546. The molecule has 2 N–H and O–H groups in total. The van der Waals surface area contributed by atoms with Gasteiger partial charge in [-0.05, 0) is 32.7 Å². The third kappa shape index (κ3) is 8.91. The van der Waals surface area contributed by atoms with E-state index in [-0.39, 0.29) is 0 Å². The van der Waals surface area contributed by atoms with Gasteiger partial charge in [-0.2, -0.15) is 0 Å². The molecule has 0 radical (unpaired) electrons. The molecule has 5 heteroatoms. The molecule has 5 nitrogen and oxygen atoms in total. The van der Waals surface area contributed by atoms with Crippen LogP contribution in [-0.4, -0.2) is 74.2 Å². The highest BCUT2D eigenvalue weighted by Crippen LogP contribution is 2.12. The van der Waals surface area contributed by atoms with Gasteiger partial charge in [0.2, 0.25) is 0 Å². The number of nitrogens with zero attached hydrogens (tertiary/aromatic N) is 3. The Kier molecular flexibility index (Phi) is 11.9. The summed E-state index contributed by atoms with van der Waals surface area (Å²) in [6.45, 7) is 20.0. The molecular formula is C20H43N5. The Hall–Kier alpha value is -0.810. The minimum absolute atomic E-state index is 0.546. The summed E-state index contributed by atoms with van der Waals surface area (Å²) in [5, 5.41) is 6.97. The summed E-state index contributed by atoms with van der Waals surface area (Å²) in [5.41, 5.74) is 0. The van der Waals surface area contributed by atoms with Crippen LogP contribution in [0.4, 0.5) is 0 Å². The van der Waals surface area contributed by atoms with Crippen LogP contribution in [-0.2, 0) is 0 Å². The first-order valence-corrected chi connectivity index (χ1v) is 10.6. The van der Waals surface area contributed by atoms with Crippen molar-refractivity contribution in [2.75, 3.05) is 52.4 Å². The molecule has 1 aliphatic heterocycles. The number of rotatable bonds is 11. The number of piperazine rings is 1. The third-order valence-corrected chi connectivity index (χ3v) is 5.44. The molecule has 1 rings (SSSR count). The van der Waals surface area contributed by atoms with E-state index in [1.54, 1.807) is 0 Å². The Labute approximate surface area is 156 Å². The normalized spacial score (nSPS) is 19.6. The van der Waals surface area contributed by atoms with E-state index in [0.29, 0.717) is 6.04 Å². The predicted molar refractivity (Wildman–Crippen MR) is 110 cm³/mol. The lowest BCUT2D eigenvalue weighted by Crippen LogP contribution is -2.53. The number of hydrogen-bond donors (Lipinski definition) is 2. The highest BCUT2D eigenvalue weighted by Gasteiger charge is 2.20. The molecule has 1 saturated heterocycles. The Bertz CT molecular complexity index is 350. The summed E-state index contributed by atoms with van der Waals surface area (Å²) >= 11 is 0. The highest BCUT2D eigenvalue weighted by atomic mass is 15.3. The first-order valence-electron chi connectivity index (χ1n) is 10.6. The maximum Gasteiger partial charge on any atom is 0.191 e. The van der Waals surface area contributed by atoms with Crippen molar-refractivity contribution < 1.29 is 0 Å². The Morgan fingerprint density at radius 1 is 1.04 bits per heavy atom. The Balaban J connectivity index is 2.41. The average Bonchev–Trinajstić information content (AvgIpc) is 2.65. The highest BCUT2D eigenvalue weighted by molar-refractivity contribution is 5.79. The molecular weight excluding hydrogens is 310 g/mol. The van der Waals surface area contributed by atoms with E-state index in [2.05, 4.69) is 55.1 Å². The van der Waals surface area contributed by atoms with Crippen molar-refractivity contribution in [3.05, 3.63) is 0 Å². The van der Waals surface area contributed by atoms with E-state index < -0.39 is 0 Å². The van der Waals surface area contributed by atoms with Crippen molar-refractivity contribution >= 4 is 5.96 Å². The summed E-state index contributed by atoms with van der Waals surface area (Å²) < 4.78 is 0. The van der Waals surface area contributed by atoms with Gasteiger partial charge in [-0.15, -0.1) is 0 Å². The summed E-state index contributed by atoms with van der Waals surface area (Å²) in [6.07, 6.45) is 5.12. The second-order valence-corrected chi connectivity index (χ2v) is 7.34. The molecule has 0 aromatic rings. The zero-order valence-electron chi connectivity index (χ0n) is 17.5. The van der Waals surface area contributed by atoms with Crippen LogP contribution >= 0.6 is 0 Å². The van der Waals surface area contributed by atoms with E-state index in [1.807, 2.05) is 0 Å². The van der Waals surface area contributed by atoms with Crippen LogP contribution in [0, 0.1) is 5.92 Å². The van der Waals surface area contributed by atoms with E-state index in [4.69, 9.17) is 4.99 Å². The predicted octanol–water partition coefficient (Wildman–Crippen LogP) is 2.78. The molecule has 2 unspecified atom stereocenters. The molecule has 1 aliphatic rings. The minimum Gasteiger partial charge on any atom is -0.357 e. The van der Waals surface area contributed by atoms with Gasteiger partial charge in [0, 0.05) is 51.9 Å². The van der Waals surface area contributed by atoms with Crippen molar-refractivity contribution in [2.45, 2.75) is 66.3 Å². The van der Waals surface area contributed by atoms with Crippen molar-refractivity contribution in [3.8, 4) is 0 Å². The maximum atomic E-state index is 4.85. The lowest BCUT2D eigenvalue weighted by molar-refractivity contribution is 0.107. The van der Waals surface area contributed by atoms with E-state index in [9.17, 15) is 0 Å². The maximum absolute atomic E-state index is 4.85. The van der Waals surface area contributed by atoms with Gasteiger partial charge in [0.1, 0.15) is 0 Å². The number of likely N-dealkylation sites (N-methyl/N-ethyl adjacent to an activating group) is 1. The van der Waals surface area contributed by atoms with E-state index in [1.165, 1.54) is 58.4 Å². The fourth-order valence-corrected chi connectivity index (χ4v) is 3.37. The number of aliphatic imine (C=N–C) groups is 1. The van der Waals surface area contributed by atoms with Crippen LogP contribution in [0.1, 0.15) is 60.3 Å². The van der Waals surface area contributed by atoms with Crippen LogP contribution in [0.2, 0.25) is 0 Å².